The molecule has 0 saturated heterocycles. The summed E-state index contributed by atoms with van der Waals surface area (Å²) in [6, 6.07) is 6.05. The summed E-state index contributed by atoms with van der Waals surface area (Å²) in [4.78, 5) is 15.9. The van der Waals surface area contributed by atoms with E-state index in [1.54, 1.807) is 13.0 Å². The molecule has 0 aliphatic rings. The Morgan fingerprint density at radius 2 is 1.96 bits per heavy atom. The molecule has 2 aromatic rings. The zero-order valence-electron chi connectivity index (χ0n) is 13.6. The lowest BCUT2D eigenvalue weighted by atomic mass is 10.0. The van der Waals surface area contributed by atoms with Gasteiger partial charge in [0.2, 0.25) is 5.88 Å². The summed E-state index contributed by atoms with van der Waals surface area (Å²) in [5.41, 5.74) is 2.23. The van der Waals surface area contributed by atoms with Gasteiger partial charge in [0.15, 0.2) is 6.61 Å². The van der Waals surface area contributed by atoms with Crippen molar-refractivity contribution in [2.45, 2.75) is 26.6 Å². The first-order chi connectivity index (χ1) is 11.7. The van der Waals surface area contributed by atoms with Gasteiger partial charge in [0.1, 0.15) is 5.75 Å². The molecular weight excluding hydrogens is 337 g/mol. The molecule has 2 rings (SSSR count). The molecule has 0 aliphatic heterocycles. The number of rotatable bonds is 5. The van der Waals surface area contributed by atoms with Crippen molar-refractivity contribution in [3.63, 3.8) is 0 Å². The molecule has 1 aromatic carbocycles. The molecule has 0 saturated carbocycles. The molecular formula is C17H17F3N2O3. The number of phenolic OH excluding ortho intramolecular Hbond substituents is 1. The monoisotopic (exact) mass is 354 g/mol. The van der Waals surface area contributed by atoms with Gasteiger partial charge in [0, 0.05) is 18.8 Å². The van der Waals surface area contributed by atoms with Crippen LogP contribution in [0, 0.1) is 13.8 Å². The van der Waals surface area contributed by atoms with Crippen LogP contribution in [0.25, 0.3) is 0 Å². The van der Waals surface area contributed by atoms with Crippen LogP contribution in [0.1, 0.15) is 27.0 Å². The van der Waals surface area contributed by atoms with Crippen molar-refractivity contribution in [1.29, 1.82) is 0 Å². The number of carbonyl (C=O) groups is 1. The third-order valence-electron chi connectivity index (χ3n) is 3.58. The van der Waals surface area contributed by atoms with E-state index < -0.39 is 18.7 Å². The van der Waals surface area contributed by atoms with Gasteiger partial charge in [-0.1, -0.05) is 12.1 Å². The number of hydrogen-bond donors (Lipinski definition) is 2. The quantitative estimate of drug-likeness (QED) is 0.864. The minimum atomic E-state index is -4.43. The van der Waals surface area contributed by atoms with Crippen molar-refractivity contribution in [1.82, 2.24) is 10.3 Å². The Morgan fingerprint density at radius 1 is 1.24 bits per heavy atom. The van der Waals surface area contributed by atoms with Gasteiger partial charge < -0.3 is 15.2 Å². The van der Waals surface area contributed by atoms with Crippen LogP contribution in [-0.4, -0.2) is 28.8 Å². The van der Waals surface area contributed by atoms with Crippen LogP contribution in [0.2, 0.25) is 0 Å². The lowest BCUT2D eigenvalue weighted by Gasteiger charge is -2.11. The molecule has 5 nitrogen and oxygen atoms in total. The number of aromatic nitrogens is 1. The van der Waals surface area contributed by atoms with Crippen LogP contribution in [0.4, 0.5) is 13.2 Å². The molecule has 8 heteroatoms. The van der Waals surface area contributed by atoms with E-state index in [-0.39, 0.29) is 23.7 Å². The zero-order chi connectivity index (χ0) is 18.6. The molecule has 0 atom stereocenters. The average molecular weight is 354 g/mol. The van der Waals surface area contributed by atoms with E-state index in [0.29, 0.717) is 11.1 Å². The van der Waals surface area contributed by atoms with Gasteiger partial charge in [0.25, 0.3) is 5.91 Å². The molecule has 1 heterocycles. The number of nitrogens with one attached hydrogen (secondary N) is 1. The first-order valence-electron chi connectivity index (χ1n) is 7.39. The molecule has 0 radical (unpaired) electrons. The highest BCUT2D eigenvalue weighted by Gasteiger charge is 2.28. The number of carbonyl (C=O) groups excluding carboxylic acids is 1. The first-order valence-corrected chi connectivity index (χ1v) is 7.39. The summed E-state index contributed by atoms with van der Waals surface area (Å²) in [7, 11) is 0. The Labute approximate surface area is 142 Å². The van der Waals surface area contributed by atoms with Crippen molar-refractivity contribution in [2.75, 3.05) is 6.61 Å². The minimum absolute atomic E-state index is 0.0773. The van der Waals surface area contributed by atoms with Gasteiger partial charge >= 0.3 is 6.18 Å². The number of hydrogen-bond acceptors (Lipinski definition) is 4. The topological polar surface area (TPSA) is 71.5 Å². The number of aryl methyl sites for hydroxylation is 1. The number of nitrogens with zero attached hydrogens (tertiary/aromatic N) is 1. The lowest BCUT2D eigenvalue weighted by Crippen LogP contribution is -2.23. The largest absolute Gasteiger partial charge is 0.507 e. The van der Waals surface area contributed by atoms with Crippen molar-refractivity contribution in [3.8, 4) is 11.6 Å². The second-order valence-corrected chi connectivity index (χ2v) is 5.49. The third-order valence-corrected chi connectivity index (χ3v) is 3.58. The second-order valence-electron chi connectivity index (χ2n) is 5.49. The van der Waals surface area contributed by atoms with Gasteiger partial charge in [-0.05, 0) is 36.6 Å². The normalized spacial score (nSPS) is 11.2. The molecule has 2 N–H and O–H groups in total. The average Bonchev–Trinajstić information content (AvgIpc) is 2.56. The van der Waals surface area contributed by atoms with E-state index >= 15 is 0 Å². The molecule has 0 unspecified atom stereocenters. The number of pyridine rings is 1. The number of halogens is 3. The molecule has 0 bridgehead atoms. The van der Waals surface area contributed by atoms with E-state index in [4.69, 9.17) is 0 Å². The number of amides is 1. The van der Waals surface area contributed by atoms with Crippen LogP contribution >= 0.6 is 0 Å². The Kier molecular flexibility index (Phi) is 5.51. The summed E-state index contributed by atoms with van der Waals surface area (Å²) in [6.07, 6.45) is -3.12. The standard InChI is InChI=1S/C17H17F3N2O3/c1-10-3-5-13(15(23)11(10)2)16(24)22-8-12-4-6-14(21-7-12)25-9-17(18,19)20/h3-7,23H,8-9H2,1-2H3,(H,22,24). The predicted octanol–water partition coefficient (Wildman–Crippen LogP) is 3.28. The number of benzene rings is 1. The minimum Gasteiger partial charge on any atom is -0.507 e. The molecule has 134 valence electrons. The Hall–Kier alpha value is -2.77. The smallest absolute Gasteiger partial charge is 0.422 e. The maximum Gasteiger partial charge on any atom is 0.422 e. The number of ether oxygens (including phenoxy) is 1. The Bertz CT molecular complexity index is 759. The summed E-state index contributed by atoms with van der Waals surface area (Å²) >= 11 is 0. The predicted molar refractivity (Wildman–Crippen MR) is 84.5 cm³/mol. The van der Waals surface area contributed by atoms with Crippen LogP contribution in [0.15, 0.2) is 30.5 Å². The van der Waals surface area contributed by atoms with Crippen molar-refractivity contribution in [3.05, 3.63) is 52.7 Å². The van der Waals surface area contributed by atoms with Gasteiger partial charge in [-0.2, -0.15) is 13.2 Å². The fraction of sp³-hybridized carbons (Fsp3) is 0.294. The summed E-state index contributed by atoms with van der Waals surface area (Å²) in [5, 5.41) is 12.6. The molecule has 0 spiro atoms. The van der Waals surface area contributed by atoms with Crippen LogP contribution in [0.3, 0.4) is 0 Å². The van der Waals surface area contributed by atoms with E-state index in [1.165, 1.54) is 24.4 Å². The Balaban J connectivity index is 1.95. The van der Waals surface area contributed by atoms with Gasteiger partial charge in [-0.3, -0.25) is 4.79 Å². The zero-order valence-corrected chi connectivity index (χ0v) is 13.6. The van der Waals surface area contributed by atoms with Crippen molar-refractivity contribution in [2.24, 2.45) is 0 Å². The summed E-state index contributed by atoms with van der Waals surface area (Å²) in [6.45, 7) is 2.23. The van der Waals surface area contributed by atoms with Gasteiger partial charge in [-0.25, -0.2) is 4.98 Å². The molecule has 0 aliphatic carbocycles. The highest BCUT2D eigenvalue weighted by atomic mass is 19.4. The van der Waals surface area contributed by atoms with E-state index in [0.717, 1.165) is 5.56 Å². The number of alkyl halides is 3. The van der Waals surface area contributed by atoms with E-state index in [1.807, 2.05) is 6.92 Å². The maximum atomic E-state index is 12.1. The second kappa shape index (κ2) is 7.42. The molecule has 1 amide bonds. The van der Waals surface area contributed by atoms with E-state index in [9.17, 15) is 23.1 Å². The van der Waals surface area contributed by atoms with Crippen LogP contribution < -0.4 is 10.1 Å². The van der Waals surface area contributed by atoms with Gasteiger partial charge in [0.05, 0.1) is 5.56 Å². The summed E-state index contributed by atoms with van der Waals surface area (Å²) < 4.78 is 40.7. The fourth-order valence-corrected chi connectivity index (χ4v) is 2.02. The van der Waals surface area contributed by atoms with Gasteiger partial charge in [-0.15, -0.1) is 0 Å². The highest BCUT2D eigenvalue weighted by Crippen LogP contribution is 2.24. The first kappa shape index (κ1) is 18.6. The summed E-state index contributed by atoms with van der Waals surface area (Å²) in [5.74, 6) is -0.691. The third kappa shape index (κ3) is 5.10. The Morgan fingerprint density at radius 3 is 2.56 bits per heavy atom. The fourth-order valence-electron chi connectivity index (χ4n) is 2.02. The molecule has 0 fully saturated rings. The van der Waals surface area contributed by atoms with E-state index in [2.05, 4.69) is 15.0 Å². The number of phenols is 1. The molecule has 1 aromatic heterocycles. The maximum absolute atomic E-state index is 12.1. The number of aromatic hydroxyl groups is 1. The van der Waals surface area contributed by atoms with Crippen LogP contribution in [0.5, 0.6) is 11.6 Å². The van der Waals surface area contributed by atoms with Crippen molar-refractivity contribution >= 4 is 5.91 Å². The lowest BCUT2D eigenvalue weighted by molar-refractivity contribution is -0.154. The van der Waals surface area contributed by atoms with Crippen molar-refractivity contribution < 1.29 is 27.8 Å². The highest BCUT2D eigenvalue weighted by molar-refractivity contribution is 5.97. The van der Waals surface area contributed by atoms with Crippen LogP contribution in [-0.2, 0) is 6.54 Å². The SMILES string of the molecule is Cc1ccc(C(=O)NCc2ccc(OCC(F)(F)F)nc2)c(O)c1C. The molecule has 25 heavy (non-hydrogen) atoms.